The number of nitrogens with zero attached hydrogens (tertiary/aromatic N) is 1. The molecule has 0 bridgehead atoms. The summed E-state index contributed by atoms with van der Waals surface area (Å²) >= 11 is 0. The van der Waals surface area contributed by atoms with Crippen LogP contribution >= 0.6 is 0 Å². The van der Waals surface area contributed by atoms with Gasteiger partial charge in [0.05, 0.1) is 21.3 Å². The Balaban J connectivity index is 2.77. The van der Waals surface area contributed by atoms with Crippen molar-refractivity contribution in [2.24, 2.45) is 0 Å². The smallest absolute Gasteiger partial charge is 0.318 e. The summed E-state index contributed by atoms with van der Waals surface area (Å²) in [7, 11) is 8.47. The number of benzene rings is 2. The van der Waals surface area contributed by atoms with Crippen LogP contribution in [0, 0.1) is 0 Å². The van der Waals surface area contributed by atoms with Crippen molar-refractivity contribution in [3.8, 4) is 17.2 Å². The molecule has 146 valence electrons. The van der Waals surface area contributed by atoms with Crippen LogP contribution in [0.4, 0.5) is 5.69 Å². The minimum atomic E-state index is -1.28. The van der Waals surface area contributed by atoms with Crippen LogP contribution in [0.5, 0.6) is 17.2 Å². The number of hydrogen-bond acceptors (Lipinski definition) is 5. The normalized spacial score (nSPS) is 12.8. The van der Waals surface area contributed by atoms with E-state index in [2.05, 4.69) is 0 Å². The van der Waals surface area contributed by atoms with Crippen molar-refractivity contribution in [1.82, 2.24) is 0 Å². The van der Waals surface area contributed by atoms with E-state index in [1.807, 2.05) is 44.1 Å². The van der Waals surface area contributed by atoms with Gasteiger partial charge in [-0.05, 0) is 30.2 Å². The molecule has 0 spiro atoms. The average Bonchev–Trinajstić information content (AvgIpc) is 2.68. The maximum Gasteiger partial charge on any atom is 0.318 e. The fraction of sp³-hybridized carbons (Fsp3) is 0.381. The molecule has 2 aromatic carbocycles. The Hall–Kier alpha value is -2.89. The van der Waals surface area contributed by atoms with E-state index in [1.54, 1.807) is 32.4 Å². The molecule has 2 rings (SSSR count). The summed E-state index contributed by atoms with van der Waals surface area (Å²) in [6.07, 6.45) is 0.343. The first kappa shape index (κ1) is 20.4. The van der Waals surface area contributed by atoms with Gasteiger partial charge in [0.25, 0.3) is 0 Å². The Morgan fingerprint density at radius 2 is 1.59 bits per heavy atom. The highest BCUT2D eigenvalue weighted by Crippen LogP contribution is 2.44. The summed E-state index contributed by atoms with van der Waals surface area (Å²) < 4.78 is 16.2. The molecule has 0 aliphatic heterocycles. The van der Waals surface area contributed by atoms with Crippen molar-refractivity contribution in [1.29, 1.82) is 0 Å². The first-order valence-electron chi connectivity index (χ1n) is 8.67. The molecule has 6 nitrogen and oxygen atoms in total. The standard InChI is InChI=1S/C21H27NO5/c1-7-21(20(23)24,14-8-11-17(25-4)19(12-14)27-6)16-10-9-15(22(2)3)13-18(16)26-5/h8-13H,7H2,1-6H3,(H,23,24). The summed E-state index contributed by atoms with van der Waals surface area (Å²) in [5.74, 6) is 0.609. The van der Waals surface area contributed by atoms with Crippen LogP contribution in [-0.4, -0.2) is 46.5 Å². The Bertz CT molecular complexity index is 818. The van der Waals surface area contributed by atoms with Crippen LogP contribution in [0.25, 0.3) is 0 Å². The van der Waals surface area contributed by atoms with Crippen LogP contribution in [0.1, 0.15) is 24.5 Å². The highest BCUT2D eigenvalue weighted by atomic mass is 16.5. The fourth-order valence-electron chi connectivity index (χ4n) is 3.35. The number of carboxylic acid groups (broad SMARTS) is 1. The van der Waals surface area contributed by atoms with E-state index < -0.39 is 11.4 Å². The zero-order chi connectivity index (χ0) is 20.2. The third-order valence-corrected chi connectivity index (χ3v) is 4.93. The minimum absolute atomic E-state index is 0.343. The highest BCUT2D eigenvalue weighted by molar-refractivity contribution is 5.87. The Morgan fingerprint density at radius 3 is 2.07 bits per heavy atom. The summed E-state index contributed by atoms with van der Waals surface area (Å²) in [6, 6.07) is 10.8. The van der Waals surface area contributed by atoms with Crippen molar-refractivity contribution in [3.05, 3.63) is 47.5 Å². The fourth-order valence-corrected chi connectivity index (χ4v) is 3.35. The van der Waals surface area contributed by atoms with Crippen molar-refractivity contribution < 1.29 is 24.1 Å². The number of methoxy groups -OCH3 is 3. The number of ether oxygens (including phenoxy) is 3. The zero-order valence-electron chi connectivity index (χ0n) is 16.7. The Morgan fingerprint density at radius 1 is 0.963 bits per heavy atom. The van der Waals surface area contributed by atoms with Crippen LogP contribution in [0.15, 0.2) is 36.4 Å². The monoisotopic (exact) mass is 373 g/mol. The lowest BCUT2D eigenvalue weighted by Gasteiger charge is -2.32. The van der Waals surface area contributed by atoms with Crippen LogP contribution in [-0.2, 0) is 10.2 Å². The molecule has 0 radical (unpaired) electrons. The van der Waals surface area contributed by atoms with Crippen LogP contribution in [0.3, 0.4) is 0 Å². The van der Waals surface area contributed by atoms with Gasteiger partial charge in [-0.3, -0.25) is 4.79 Å². The first-order chi connectivity index (χ1) is 12.8. The number of carbonyl (C=O) groups is 1. The largest absolute Gasteiger partial charge is 0.496 e. The van der Waals surface area contributed by atoms with Gasteiger partial charge in [0.1, 0.15) is 11.2 Å². The van der Waals surface area contributed by atoms with E-state index >= 15 is 0 Å². The predicted octanol–water partition coefficient (Wildman–Crippen LogP) is 3.56. The predicted molar refractivity (Wildman–Crippen MR) is 106 cm³/mol. The maximum absolute atomic E-state index is 12.6. The van der Waals surface area contributed by atoms with Gasteiger partial charge in [-0.15, -0.1) is 0 Å². The van der Waals surface area contributed by atoms with Crippen molar-refractivity contribution in [2.45, 2.75) is 18.8 Å². The molecule has 0 aliphatic rings. The van der Waals surface area contributed by atoms with E-state index in [9.17, 15) is 9.90 Å². The van der Waals surface area contributed by atoms with Gasteiger partial charge >= 0.3 is 5.97 Å². The molecule has 2 aromatic rings. The molecule has 0 fully saturated rings. The second-order valence-electron chi connectivity index (χ2n) is 6.41. The number of anilines is 1. The van der Waals surface area contributed by atoms with E-state index in [-0.39, 0.29) is 0 Å². The van der Waals surface area contributed by atoms with Gasteiger partial charge in [0, 0.05) is 31.4 Å². The summed E-state index contributed by atoms with van der Waals surface area (Å²) in [4.78, 5) is 14.5. The van der Waals surface area contributed by atoms with Gasteiger partial charge in [-0.2, -0.15) is 0 Å². The summed E-state index contributed by atoms with van der Waals surface area (Å²) in [6.45, 7) is 1.85. The number of carboxylic acids is 1. The molecule has 1 atom stereocenters. The molecule has 27 heavy (non-hydrogen) atoms. The first-order valence-corrected chi connectivity index (χ1v) is 8.67. The molecule has 1 N–H and O–H groups in total. The lowest BCUT2D eigenvalue weighted by Crippen LogP contribution is -2.37. The van der Waals surface area contributed by atoms with E-state index in [0.717, 1.165) is 5.69 Å². The van der Waals surface area contributed by atoms with Crippen molar-refractivity contribution in [3.63, 3.8) is 0 Å². The minimum Gasteiger partial charge on any atom is -0.496 e. The molecule has 0 saturated carbocycles. The molecule has 0 aliphatic carbocycles. The third-order valence-electron chi connectivity index (χ3n) is 4.93. The van der Waals surface area contributed by atoms with Gasteiger partial charge in [0.15, 0.2) is 11.5 Å². The number of aliphatic carboxylic acids is 1. The zero-order valence-corrected chi connectivity index (χ0v) is 16.7. The van der Waals surface area contributed by atoms with E-state index in [1.165, 1.54) is 7.11 Å². The Labute approximate surface area is 160 Å². The molecule has 0 aromatic heterocycles. The van der Waals surface area contributed by atoms with E-state index in [4.69, 9.17) is 14.2 Å². The average molecular weight is 373 g/mol. The molecule has 6 heteroatoms. The molecular formula is C21H27NO5. The topological polar surface area (TPSA) is 68.2 Å². The molecular weight excluding hydrogens is 346 g/mol. The van der Waals surface area contributed by atoms with Crippen LogP contribution < -0.4 is 19.1 Å². The molecule has 0 saturated heterocycles. The van der Waals surface area contributed by atoms with Crippen molar-refractivity contribution in [2.75, 3.05) is 40.3 Å². The van der Waals surface area contributed by atoms with E-state index in [0.29, 0.717) is 34.8 Å². The maximum atomic E-state index is 12.6. The second-order valence-corrected chi connectivity index (χ2v) is 6.41. The third kappa shape index (κ3) is 3.52. The quantitative estimate of drug-likeness (QED) is 0.763. The van der Waals surface area contributed by atoms with Gasteiger partial charge in [-0.25, -0.2) is 0 Å². The molecule has 0 heterocycles. The lowest BCUT2D eigenvalue weighted by molar-refractivity contribution is -0.142. The molecule has 0 amide bonds. The Kier molecular flexibility index (Phi) is 6.20. The number of hydrogen-bond donors (Lipinski definition) is 1. The van der Waals surface area contributed by atoms with Gasteiger partial charge in [0.2, 0.25) is 0 Å². The number of rotatable bonds is 8. The molecule has 1 unspecified atom stereocenters. The summed E-state index contributed by atoms with van der Waals surface area (Å²) in [5.41, 5.74) is 0.845. The lowest BCUT2D eigenvalue weighted by atomic mass is 9.72. The van der Waals surface area contributed by atoms with Crippen molar-refractivity contribution >= 4 is 11.7 Å². The van der Waals surface area contributed by atoms with Gasteiger partial charge in [-0.1, -0.05) is 19.1 Å². The van der Waals surface area contributed by atoms with Gasteiger partial charge < -0.3 is 24.2 Å². The highest BCUT2D eigenvalue weighted by Gasteiger charge is 2.43. The SMILES string of the molecule is CCC(C(=O)O)(c1ccc(OC)c(OC)c1)c1ccc(N(C)C)cc1OC. The van der Waals surface area contributed by atoms with Crippen LogP contribution in [0.2, 0.25) is 0 Å². The summed E-state index contributed by atoms with van der Waals surface area (Å²) in [5, 5.41) is 10.3. The second kappa shape index (κ2) is 8.20.